The third-order valence-electron chi connectivity index (χ3n) is 5.26. The van der Waals surface area contributed by atoms with E-state index in [4.69, 9.17) is 9.47 Å². The zero-order valence-electron chi connectivity index (χ0n) is 20.0. The van der Waals surface area contributed by atoms with E-state index in [9.17, 15) is 19.8 Å². The second-order valence-corrected chi connectivity index (χ2v) is 8.39. The van der Waals surface area contributed by atoms with Gasteiger partial charge in [0.25, 0.3) is 0 Å². The molecule has 0 fully saturated rings. The zero-order valence-corrected chi connectivity index (χ0v) is 20.0. The van der Waals surface area contributed by atoms with Gasteiger partial charge < -0.3 is 19.7 Å². The number of hydrogen-bond acceptors (Lipinski definition) is 6. The fourth-order valence-corrected chi connectivity index (χ4v) is 3.47. The van der Waals surface area contributed by atoms with Gasteiger partial charge in [0.2, 0.25) is 0 Å². The smallest absolute Gasteiger partial charge is 0.163 e. The molecule has 176 valence electrons. The number of benzene rings is 2. The number of rotatable bonds is 10. The van der Waals surface area contributed by atoms with Crippen LogP contribution in [0.1, 0.15) is 68.2 Å². The molecule has 2 aromatic carbocycles. The van der Waals surface area contributed by atoms with Crippen molar-refractivity contribution in [2.24, 2.45) is 0 Å². The van der Waals surface area contributed by atoms with Crippen LogP contribution in [0.5, 0.6) is 23.0 Å². The molecule has 0 radical (unpaired) electrons. The average Bonchev–Trinajstić information content (AvgIpc) is 2.76. The van der Waals surface area contributed by atoms with Crippen molar-refractivity contribution < 1.29 is 29.3 Å². The number of methoxy groups -OCH3 is 2. The first kappa shape index (κ1) is 25.7. The van der Waals surface area contributed by atoms with Gasteiger partial charge in [-0.25, -0.2) is 0 Å². The number of hydrogen-bond donors (Lipinski definition) is 2. The lowest BCUT2D eigenvalue weighted by atomic mass is 9.95. The minimum atomic E-state index is -0.334. The molecule has 2 aromatic rings. The van der Waals surface area contributed by atoms with Crippen LogP contribution in [-0.4, -0.2) is 36.0 Å². The fraction of sp³-hybridized carbons (Fsp3) is 0.333. The molecule has 0 amide bonds. The van der Waals surface area contributed by atoms with Crippen molar-refractivity contribution in [3.8, 4) is 23.0 Å². The van der Waals surface area contributed by atoms with E-state index in [0.29, 0.717) is 11.5 Å². The maximum Gasteiger partial charge on any atom is 0.163 e. The Morgan fingerprint density at radius 1 is 0.758 bits per heavy atom. The van der Waals surface area contributed by atoms with Gasteiger partial charge in [-0.05, 0) is 70.5 Å². The Kier molecular flexibility index (Phi) is 8.85. The van der Waals surface area contributed by atoms with Gasteiger partial charge >= 0.3 is 0 Å². The van der Waals surface area contributed by atoms with Crippen molar-refractivity contribution in [3.05, 3.63) is 58.7 Å². The molecule has 6 nitrogen and oxygen atoms in total. The van der Waals surface area contributed by atoms with Gasteiger partial charge in [0.05, 0.1) is 20.6 Å². The maximum absolute atomic E-state index is 12.4. The van der Waals surface area contributed by atoms with Crippen LogP contribution in [0.3, 0.4) is 0 Å². The molecule has 6 heteroatoms. The van der Waals surface area contributed by atoms with Crippen LogP contribution >= 0.6 is 0 Å². The standard InChI is InChI=1S/C27H32O6/c1-16(2)22-14-24(30)26(32-5)11-18(22)7-9-20(28)13-21(29)10-8-19-12-27(33-6)25(31)15-23(19)17(3)4/h7-12,14-17,30-31H,13H2,1-6H3/b9-7+,10-8+. The van der Waals surface area contributed by atoms with E-state index in [2.05, 4.69) is 0 Å². The van der Waals surface area contributed by atoms with Crippen LogP contribution in [-0.2, 0) is 9.59 Å². The third-order valence-corrected chi connectivity index (χ3v) is 5.26. The van der Waals surface area contributed by atoms with Crippen LogP contribution in [0.15, 0.2) is 36.4 Å². The fourth-order valence-electron chi connectivity index (χ4n) is 3.47. The Morgan fingerprint density at radius 3 is 1.42 bits per heavy atom. The number of phenolic OH excluding ortho intramolecular Hbond substituents is 2. The first-order valence-electron chi connectivity index (χ1n) is 10.8. The number of allylic oxidation sites excluding steroid dienone is 2. The van der Waals surface area contributed by atoms with Gasteiger partial charge in [-0.3, -0.25) is 9.59 Å². The summed E-state index contributed by atoms with van der Waals surface area (Å²) < 4.78 is 10.3. The molecular formula is C27H32O6. The number of ketones is 2. The Balaban J connectivity index is 2.17. The van der Waals surface area contributed by atoms with Gasteiger partial charge in [0, 0.05) is 0 Å². The molecule has 0 aromatic heterocycles. The van der Waals surface area contributed by atoms with E-state index >= 15 is 0 Å². The summed E-state index contributed by atoms with van der Waals surface area (Å²) in [7, 11) is 2.92. The molecule has 2 rings (SSSR count). The van der Waals surface area contributed by atoms with Crippen LogP contribution in [0.25, 0.3) is 12.2 Å². The van der Waals surface area contributed by atoms with Gasteiger partial charge in [-0.1, -0.05) is 39.8 Å². The molecule has 0 aliphatic rings. The summed E-state index contributed by atoms with van der Waals surface area (Å²) in [4.78, 5) is 24.8. The van der Waals surface area contributed by atoms with E-state index in [1.54, 1.807) is 36.4 Å². The highest BCUT2D eigenvalue weighted by Crippen LogP contribution is 2.34. The number of ether oxygens (including phenoxy) is 2. The highest BCUT2D eigenvalue weighted by Gasteiger charge is 2.13. The summed E-state index contributed by atoms with van der Waals surface area (Å²) in [6.07, 6.45) is 5.74. The summed E-state index contributed by atoms with van der Waals surface area (Å²) in [6, 6.07) is 6.59. The Bertz CT molecular complexity index is 991. The van der Waals surface area contributed by atoms with Crippen molar-refractivity contribution in [2.45, 2.75) is 46.0 Å². The minimum Gasteiger partial charge on any atom is -0.504 e. The number of phenols is 2. The topological polar surface area (TPSA) is 93.1 Å². The number of carbonyl (C=O) groups is 2. The Morgan fingerprint density at radius 2 is 1.12 bits per heavy atom. The molecule has 2 N–H and O–H groups in total. The van der Waals surface area contributed by atoms with Gasteiger partial charge in [-0.2, -0.15) is 0 Å². The minimum absolute atomic E-state index is 0.0385. The molecule has 0 aliphatic carbocycles. The molecule has 0 aliphatic heterocycles. The molecule has 0 unspecified atom stereocenters. The molecule has 0 spiro atoms. The summed E-state index contributed by atoms with van der Waals surface area (Å²) >= 11 is 0. The van der Waals surface area contributed by atoms with E-state index in [1.807, 2.05) is 27.7 Å². The van der Waals surface area contributed by atoms with Gasteiger partial charge in [-0.15, -0.1) is 0 Å². The molecule has 0 atom stereocenters. The third kappa shape index (κ3) is 6.72. The SMILES string of the molecule is COc1cc(/C=C/C(=O)CC(=O)/C=C/c2cc(OC)c(O)cc2C(C)C)c(C(C)C)cc1O. The summed E-state index contributed by atoms with van der Waals surface area (Å²) in [5.41, 5.74) is 3.22. The van der Waals surface area contributed by atoms with Crippen molar-refractivity contribution in [2.75, 3.05) is 14.2 Å². The van der Waals surface area contributed by atoms with Crippen molar-refractivity contribution >= 4 is 23.7 Å². The predicted octanol–water partition coefficient (Wildman–Crippen LogP) is 5.62. The van der Waals surface area contributed by atoms with Crippen molar-refractivity contribution in [3.63, 3.8) is 0 Å². The maximum atomic E-state index is 12.4. The van der Waals surface area contributed by atoms with Crippen LogP contribution in [0, 0.1) is 0 Å². The largest absolute Gasteiger partial charge is 0.504 e. The Hall–Kier alpha value is -3.54. The first-order chi connectivity index (χ1) is 15.6. The zero-order chi connectivity index (χ0) is 24.7. The normalized spacial score (nSPS) is 11.6. The number of carbonyl (C=O) groups excluding carboxylic acids is 2. The van der Waals surface area contributed by atoms with Crippen molar-refractivity contribution in [1.29, 1.82) is 0 Å². The van der Waals surface area contributed by atoms with E-state index in [1.165, 1.54) is 26.4 Å². The molecule has 33 heavy (non-hydrogen) atoms. The van der Waals surface area contributed by atoms with E-state index in [-0.39, 0.29) is 41.3 Å². The van der Waals surface area contributed by atoms with E-state index in [0.717, 1.165) is 22.3 Å². The monoisotopic (exact) mass is 452 g/mol. The lowest BCUT2D eigenvalue weighted by molar-refractivity contribution is -0.121. The molecule has 0 heterocycles. The lowest BCUT2D eigenvalue weighted by Gasteiger charge is -2.13. The van der Waals surface area contributed by atoms with Crippen LogP contribution in [0.2, 0.25) is 0 Å². The average molecular weight is 453 g/mol. The summed E-state index contributed by atoms with van der Waals surface area (Å²) in [6.45, 7) is 7.94. The van der Waals surface area contributed by atoms with Crippen LogP contribution < -0.4 is 9.47 Å². The predicted molar refractivity (Wildman–Crippen MR) is 130 cm³/mol. The molecule has 0 bridgehead atoms. The Labute approximate surface area is 195 Å². The van der Waals surface area contributed by atoms with Gasteiger partial charge in [0.15, 0.2) is 34.6 Å². The molecule has 0 saturated heterocycles. The number of aromatic hydroxyl groups is 2. The van der Waals surface area contributed by atoms with Crippen molar-refractivity contribution in [1.82, 2.24) is 0 Å². The summed E-state index contributed by atoms with van der Waals surface area (Å²) in [5.74, 6) is 0.287. The van der Waals surface area contributed by atoms with Crippen LogP contribution in [0.4, 0.5) is 0 Å². The molecule has 0 saturated carbocycles. The first-order valence-corrected chi connectivity index (χ1v) is 10.8. The lowest BCUT2D eigenvalue weighted by Crippen LogP contribution is -2.03. The highest BCUT2D eigenvalue weighted by atomic mass is 16.5. The quantitative estimate of drug-likeness (QED) is 0.359. The van der Waals surface area contributed by atoms with Gasteiger partial charge in [0.1, 0.15) is 0 Å². The second-order valence-electron chi connectivity index (χ2n) is 8.39. The highest BCUT2D eigenvalue weighted by molar-refractivity contribution is 6.11. The summed E-state index contributed by atoms with van der Waals surface area (Å²) in [5, 5.41) is 20.1. The molecular weight excluding hydrogens is 420 g/mol. The second kappa shape index (κ2) is 11.4. The van der Waals surface area contributed by atoms with E-state index < -0.39 is 0 Å².